The molecule has 1 N–H and O–H groups in total. The molecule has 6 nitrogen and oxygen atoms in total. The molecule has 0 unspecified atom stereocenters. The molecule has 168 valence electrons. The van der Waals surface area contributed by atoms with Crippen molar-refractivity contribution in [3.8, 4) is 11.8 Å². The average molecular weight is 448 g/mol. The maximum Gasteiger partial charge on any atom is 0.256 e. The van der Waals surface area contributed by atoms with Crippen LogP contribution in [0.15, 0.2) is 67.1 Å². The molecule has 1 aromatic carbocycles. The van der Waals surface area contributed by atoms with Crippen LogP contribution in [-0.2, 0) is 6.42 Å². The van der Waals surface area contributed by atoms with Crippen LogP contribution in [-0.4, -0.2) is 25.5 Å². The smallest absolute Gasteiger partial charge is 0.256 e. The summed E-state index contributed by atoms with van der Waals surface area (Å²) in [5.41, 5.74) is 6.42. The van der Waals surface area contributed by atoms with Crippen LogP contribution in [0.5, 0.6) is 0 Å². The second-order valence-electron chi connectivity index (χ2n) is 8.28. The lowest BCUT2D eigenvalue weighted by Crippen LogP contribution is -2.13. The molecular weight excluding hydrogens is 422 g/mol. The van der Waals surface area contributed by atoms with E-state index < -0.39 is 0 Å². The number of hydrogen-bond donors (Lipinski definition) is 1. The lowest BCUT2D eigenvalue weighted by atomic mass is 9.95. The minimum atomic E-state index is -0.217. The van der Waals surface area contributed by atoms with E-state index in [1.807, 2.05) is 36.5 Å². The molecule has 1 amide bonds. The Hall–Kier alpha value is -4.24. The fourth-order valence-electron chi connectivity index (χ4n) is 4.14. The number of nitrogens with one attached hydrogen (secondary N) is 1. The van der Waals surface area contributed by atoms with Crippen LogP contribution in [0, 0.1) is 11.8 Å². The Morgan fingerprint density at radius 3 is 2.82 bits per heavy atom. The molecule has 0 saturated heterocycles. The maximum absolute atomic E-state index is 12.7. The van der Waals surface area contributed by atoms with E-state index in [0.29, 0.717) is 17.1 Å². The van der Waals surface area contributed by atoms with Gasteiger partial charge in [0.15, 0.2) is 5.65 Å². The number of allylic oxidation sites excluding steroid dienone is 2. The van der Waals surface area contributed by atoms with Crippen molar-refractivity contribution in [2.75, 3.05) is 5.32 Å². The molecule has 0 fully saturated rings. The molecule has 0 saturated carbocycles. The monoisotopic (exact) mass is 447 g/mol. The molecule has 34 heavy (non-hydrogen) atoms. The SMILES string of the molecule is CCc1ccc(C(=O)Nc2ccccn2)cc1C#Cc1cnc2cc(C3=CCCCC3)cnn12. The van der Waals surface area contributed by atoms with Gasteiger partial charge in [0.25, 0.3) is 5.91 Å². The molecule has 0 radical (unpaired) electrons. The lowest BCUT2D eigenvalue weighted by molar-refractivity contribution is 0.102. The third-order valence-electron chi connectivity index (χ3n) is 6.01. The van der Waals surface area contributed by atoms with E-state index in [0.717, 1.165) is 41.6 Å². The first-order chi connectivity index (χ1) is 16.7. The summed E-state index contributed by atoms with van der Waals surface area (Å²) in [7, 11) is 0. The van der Waals surface area contributed by atoms with Gasteiger partial charge in [0, 0.05) is 22.9 Å². The van der Waals surface area contributed by atoms with Crippen molar-refractivity contribution in [2.45, 2.75) is 39.0 Å². The van der Waals surface area contributed by atoms with Gasteiger partial charge in [-0.3, -0.25) is 4.79 Å². The number of carbonyl (C=O) groups excluding carboxylic acids is 1. The fraction of sp³-hybridized carbons (Fsp3) is 0.214. The summed E-state index contributed by atoms with van der Waals surface area (Å²) in [5, 5.41) is 7.43. The van der Waals surface area contributed by atoms with Gasteiger partial charge >= 0.3 is 0 Å². The highest BCUT2D eigenvalue weighted by molar-refractivity contribution is 6.04. The third kappa shape index (κ3) is 4.60. The number of benzene rings is 1. The highest BCUT2D eigenvalue weighted by Crippen LogP contribution is 2.26. The van der Waals surface area contributed by atoms with Gasteiger partial charge in [0.2, 0.25) is 0 Å². The van der Waals surface area contributed by atoms with Gasteiger partial charge < -0.3 is 5.32 Å². The van der Waals surface area contributed by atoms with E-state index in [2.05, 4.69) is 51.3 Å². The number of anilines is 1. The van der Waals surface area contributed by atoms with Crippen LogP contribution in [0.1, 0.15) is 65.3 Å². The number of fused-ring (bicyclic) bond motifs is 1. The number of pyridine rings is 1. The number of rotatable bonds is 4. The van der Waals surface area contributed by atoms with Crippen LogP contribution in [0.3, 0.4) is 0 Å². The molecule has 3 heterocycles. The lowest BCUT2D eigenvalue weighted by Gasteiger charge is -2.12. The van der Waals surface area contributed by atoms with Crippen molar-refractivity contribution in [1.29, 1.82) is 0 Å². The van der Waals surface area contributed by atoms with Crippen molar-refractivity contribution in [2.24, 2.45) is 0 Å². The zero-order chi connectivity index (χ0) is 23.3. The van der Waals surface area contributed by atoms with E-state index in [1.54, 1.807) is 23.0 Å². The largest absolute Gasteiger partial charge is 0.307 e. The van der Waals surface area contributed by atoms with E-state index in [-0.39, 0.29) is 5.91 Å². The van der Waals surface area contributed by atoms with Gasteiger partial charge in [-0.15, -0.1) is 0 Å². The molecular formula is C28H25N5O. The number of aromatic nitrogens is 4. The number of aryl methyl sites for hydroxylation is 1. The minimum absolute atomic E-state index is 0.217. The summed E-state index contributed by atoms with van der Waals surface area (Å²) in [5.74, 6) is 6.74. The zero-order valence-electron chi connectivity index (χ0n) is 19.1. The minimum Gasteiger partial charge on any atom is -0.307 e. The number of amides is 1. The number of nitrogens with zero attached hydrogens (tertiary/aromatic N) is 4. The Kier molecular flexibility index (Phi) is 6.17. The highest BCUT2D eigenvalue weighted by atomic mass is 16.1. The molecule has 3 aromatic heterocycles. The number of imidazole rings is 1. The van der Waals surface area contributed by atoms with E-state index in [9.17, 15) is 4.79 Å². The van der Waals surface area contributed by atoms with Crippen LogP contribution < -0.4 is 5.32 Å². The topological polar surface area (TPSA) is 72.2 Å². The fourth-order valence-corrected chi connectivity index (χ4v) is 4.14. The molecule has 0 atom stereocenters. The predicted octanol–water partition coefficient (Wildman–Crippen LogP) is 5.30. The highest BCUT2D eigenvalue weighted by Gasteiger charge is 2.11. The summed E-state index contributed by atoms with van der Waals surface area (Å²) < 4.78 is 1.77. The molecule has 5 rings (SSSR count). The van der Waals surface area contributed by atoms with Gasteiger partial charge in [0.05, 0.1) is 12.4 Å². The zero-order valence-corrected chi connectivity index (χ0v) is 19.1. The van der Waals surface area contributed by atoms with Crippen LogP contribution in [0.2, 0.25) is 0 Å². The molecule has 4 aromatic rings. The molecule has 1 aliphatic rings. The molecule has 6 heteroatoms. The van der Waals surface area contributed by atoms with Gasteiger partial charge in [-0.25, -0.2) is 14.5 Å². The van der Waals surface area contributed by atoms with Crippen molar-refractivity contribution < 1.29 is 4.79 Å². The van der Waals surface area contributed by atoms with Crippen LogP contribution >= 0.6 is 0 Å². The van der Waals surface area contributed by atoms with Crippen molar-refractivity contribution in [1.82, 2.24) is 19.6 Å². The van der Waals surface area contributed by atoms with Crippen LogP contribution in [0.4, 0.5) is 5.82 Å². The third-order valence-corrected chi connectivity index (χ3v) is 6.01. The first kappa shape index (κ1) is 21.6. The Labute approximate surface area is 198 Å². The predicted molar refractivity (Wildman–Crippen MR) is 133 cm³/mol. The van der Waals surface area contributed by atoms with Gasteiger partial charge in [-0.05, 0) is 79.5 Å². The van der Waals surface area contributed by atoms with Crippen molar-refractivity contribution >= 4 is 22.9 Å². The first-order valence-corrected chi connectivity index (χ1v) is 11.6. The van der Waals surface area contributed by atoms with Crippen molar-refractivity contribution in [3.05, 3.63) is 95.1 Å². The molecule has 0 bridgehead atoms. The standard InChI is InChI=1S/C28H25N5O/c1-2-20-11-12-23(28(34)32-26-10-6-7-15-29-26)16-22(20)13-14-25-19-30-27-17-24(18-31-33(25)27)21-8-4-3-5-9-21/h6-8,10-12,15-19H,2-5,9H2,1H3,(H,29,32,34). The Morgan fingerprint density at radius 2 is 2.03 bits per heavy atom. The quantitative estimate of drug-likeness (QED) is 0.431. The molecule has 1 aliphatic carbocycles. The number of hydrogen-bond acceptors (Lipinski definition) is 4. The van der Waals surface area contributed by atoms with E-state index in [1.165, 1.54) is 18.4 Å². The van der Waals surface area contributed by atoms with Gasteiger partial charge in [0.1, 0.15) is 11.5 Å². The van der Waals surface area contributed by atoms with E-state index in [4.69, 9.17) is 0 Å². The summed E-state index contributed by atoms with van der Waals surface area (Å²) in [6.45, 7) is 2.07. The average Bonchev–Trinajstić information content (AvgIpc) is 3.30. The second-order valence-corrected chi connectivity index (χ2v) is 8.28. The molecule has 0 aliphatic heterocycles. The summed E-state index contributed by atoms with van der Waals surface area (Å²) in [4.78, 5) is 21.4. The summed E-state index contributed by atoms with van der Waals surface area (Å²) in [6, 6.07) is 13.1. The van der Waals surface area contributed by atoms with Crippen molar-refractivity contribution in [3.63, 3.8) is 0 Å². The van der Waals surface area contributed by atoms with E-state index >= 15 is 0 Å². The second kappa shape index (κ2) is 9.72. The molecule has 0 spiro atoms. The maximum atomic E-state index is 12.7. The Balaban J connectivity index is 1.42. The summed E-state index contributed by atoms with van der Waals surface area (Å²) >= 11 is 0. The number of carbonyl (C=O) groups is 1. The first-order valence-electron chi connectivity index (χ1n) is 11.6. The summed E-state index contributed by atoms with van der Waals surface area (Å²) in [6.07, 6.45) is 13.1. The Morgan fingerprint density at radius 1 is 1.09 bits per heavy atom. The van der Waals surface area contributed by atoms with Crippen LogP contribution in [0.25, 0.3) is 11.2 Å². The van der Waals surface area contributed by atoms with Gasteiger partial charge in [-0.2, -0.15) is 5.10 Å². The Bertz CT molecular complexity index is 1440. The van der Waals surface area contributed by atoms with Gasteiger partial charge in [-0.1, -0.05) is 31.1 Å². The normalized spacial score (nSPS) is 13.1.